The van der Waals surface area contributed by atoms with Gasteiger partial charge in [-0.25, -0.2) is 14.6 Å². The van der Waals surface area contributed by atoms with E-state index in [4.69, 9.17) is 10.5 Å². The number of ether oxygens (including phenoxy) is 1. The average Bonchev–Trinajstić information content (AvgIpc) is 2.21. The van der Waals surface area contributed by atoms with E-state index in [1.807, 2.05) is 12.3 Å². The fraction of sp³-hybridized carbons (Fsp3) is 0.200. The minimum Gasteiger partial charge on any atom is -0.493 e. The number of hydrogen-bond donors (Lipinski definition) is 2. The van der Waals surface area contributed by atoms with Crippen LogP contribution in [0.5, 0.6) is 5.75 Å². The van der Waals surface area contributed by atoms with Gasteiger partial charge in [0.05, 0.1) is 12.8 Å². The molecule has 0 atom stereocenters. The second kappa shape index (κ2) is 5.69. The van der Waals surface area contributed by atoms with E-state index in [1.165, 1.54) is 24.4 Å². The molecule has 1 aromatic carbocycles. The second-order valence-electron chi connectivity index (χ2n) is 2.85. The van der Waals surface area contributed by atoms with Crippen molar-refractivity contribution in [3.05, 3.63) is 29.6 Å². The Balaban J connectivity index is 2.86. The molecule has 0 fully saturated rings. The van der Waals surface area contributed by atoms with Crippen LogP contribution in [0.2, 0.25) is 0 Å². The van der Waals surface area contributed by atoms with E-state index in [-0.39, 0.29) is 0 Å². The molecule has 2 amide bonds. The van der Waals surface area contributed by atoms with E-state index in [1.54, 1.807) is 0 Å². The largest absolute Gasteiger partial charge is 0.493 e. The van der Waals surface area contributed by atoms with Crippen LogP contribution in [0.3, 0.4) is 0 Å². The first kappa shape index (κ1) is 12.0. The smallest absolute Gasteiger partial charge is 0.332 e. The highest BCUT2D eigenvalue weighted by molar-refractivity contribution is 5.84. The van der Waals surface area contributed by atoms with Gasteiger partial charge in [0.15, 0.2) is 0 Å². The zero-order valence-corrected chi connectivity index (χ0v) is 8.74. The molecular formula is C10H12FN3O2. The second-order valence-corrected chi connectivity index (χ2v) is 2.85. The molecule has 0 bridgehead atoms. The molecule has 0 unspecified atom stereocenters. The summed E-state index contributed by atoms with van der Waals surface area (Å²) in [5.74, 6) is 0.0721. The van der Waals surface area contributed by atoms with Gasteiger partial charge in [-0.15, -0.1) is 0 Å². The van der Waals surface area contributed by atoms with Crippen molar-refractivity contribution in [2.24, 2.45) is 10.8 Å². The lowest BCUT2D eigenvalue weighted by atomic mass is 10.2. The number of halogens is 1. The number of nitrogens with zero attached hydrogens (tertiary/aromatic N) is 1. The standard InChI is InChI=1S/C10H12FN3O2/c1-2-16-9-4-3-8(11)5-7(9)6-13-14-10(12)15/h3-6H,2H2,1H3,(H3,12,14,15). The fourth-order valence-electron chi connectivity index (χ4n) is 1.07. The number of amides is 2. The molecule has 6 heteroatoms. The van der Waals surface area contributed by atoms with Crippen molar-refractivity contribution in [3.8, 4) is 5.75 Å². The molecule has 0 saturated heterocycles. The van der Waals surface area contributed by atoms with Crippen molar-refractivity contribution >= 4 is 12.2 Å². The summed E-state index contributed by atoms with van der Waals surface area (Å²) in [7, 11) is 0. The van der Waals surface area contributed by atoms with E-state index < -0.39 is 11.8 Å². The minimum absolute atomic E-state index is 0.413. The molecule has 5 nitrogen and oxygen atoms in total. The van der Waals surface area contributed by atoms with E-state index in [9.17, 15) is 9.18 Å². The topological polar surface area (TPSA) is 76.7 Å². The van der Waals surface area contributed by atoms with E-state index >= 15 is 0 Å². The number of hydrazone groups is 1. The van der Waals surface area contributed by atoms with E-state index in [2.05, 4.69) is 5.10 Å². The highest BCUT2D eigenvalue weighted by Gasteiger charge is 2.02. The Morgan fingerprint density at radius 1 is 1.69 bits per heavy atom. The first-order chi connectivity index (χ1) is 7.63. The molecule has 1 rings (SSSR count). The Morgan fingerprint density at radius 2 is 2.44 bits per heavy atom. The maximum atomic E-state index is 12.9. The zero-order chi connectivity index (χ0) is 12.0. The number of urea groups is 1. The Hall–Kier alpha value is -2.11. The number of hydrogen-bond acceptors (Lipinski definition) is 3. The summed E-state index contributed by atoms with van der Waals surface area (Å²) in [6, 6.07) is 3.23. The SMILES string of the molecule is CCOc1ccc(F)cc1C=NNC(N)=O. The molecular weight excluding hydrogens is 213 g/mol. The van der Waals surface area contributed by atoms with Crippen LogP contribution >= 0.6 is 0 Å². The van der Waals surface area contributed by atoms with Gasteiger partial charge in [-0.3, -0.25) is 0 Å². The van der Waals surface area contributed by atoms with Crippen molar-refractivity contribution in [1.82, 2.24) is 5.43 Å². The number of carbonyl (C=O) groups excluding carboxylic acids is 1. The van der Waals surface area contributed by atoms with Crippen molar-refractivity contribution in [2.75, 3.05) is 6.61 Å². The maximum Gasteiger partial charge on any atom is 0.332 e. The number of carbonyl (C=O) groups is 1. The van der Waals surface area contributed by atoms with Crippen LogP contribution in [0.4, 0.5) is 9.18 Å². The zero-order valence-electron chi connectivity index (χ0n) is 8.74. The van der Waals surface area contributed by atoms with Crippen LogP contribution in [0, 0.1) is 5.82 Å². The number of rotatable bonds is 4. The Labute approximate surface area is 92.1 Å². The lowest BCUT2D eigenvalue weighted by Gasteiger charge is -2.06. The normalized spacial score (nSPS) is 10.4. The van der Waals surface area contributed by atoms with Gasteiger partial charge in [0.25, 0.3) is 0 Å². The van der Waals surface area contributed by atoms with Crippen molar-refractivity contribution in [3.63, 3.8) is 0 Å². The number of nitrogens with two attached hydrogens (primary N) is 1. The van der Waals surface area contributed by atoms with E-state index in [0.29, 0.717) is 17.9 Å². The summed E-state index contributed by atoms with van der Waals surface area (Å²) in [4.78, 5) is 10.4. The van der Waals surface area contributed by atoms with Crippen LogP contribution in [0.15, 0.2) is 23.3 Å². The summed E-state index contributed by atoms with van der Waals surface area (Å²) in [6.07, 6.45) is 1.26. The summed E-state index contributed by atoms with van der Waals surface area (Å²) >= 11 is 0. The van der Waals surface area contributed by atoms with Crippen LogP contribution in [0.1, 0.15) is 12.5 Å². The third-order valence-electron chi connectivity index (χ3n) is 1.65. The number of benzene rings is 1. The van der Waals surface area contributed by atoms with Crippen LogP contribution in [-0.4, -0.2) is 18.9 Å². The molecule has 0 spiro atoms. The van der Waals surface area contributed by atoms with Gasteiger partial charge in [0.1, 0.15) is 11.6 Å². The molecule has 0 aliphatic heterocycles. The molecule has 0 heterocycles. The fourth-order valence-corrected chi connectivity index (χ4v) is 1.07. The first-order valence-corrected chi connectivity index (χ1v) is 4.64. The third-order valence-corrected chi connectivity index (χ3v) is 1.65. The molecule has 3 N–H and O–H groups in total. The highest BCUT2D eigenvalue weighted by Crippen LogP contribution is 2.17. The number of primary amides is 1. The van der Waals surface area contributed by atoms with Crippen molar-refractivity contribution in [1.29, 1.82) is 0 Å². The van der Waals surface area contributed by atoms with E-state index in [0.717, 1.165) is 0 Å². The van der Waals surface area contributed by atoms with Gasteiger partial charge < -0.3 is 10.5 Å². The Bertz CT molecular complexity index is 407. The summed E-state index contributed by atoms with van der Waals surface area (Å²) < 4.78 is 18.2. The summed E-state index contributed by atoms with van der Waals surface area (Å²) in [5, 5.41) is 3.53. The number of nitrogens with one attached hydrogen (secondary N) is 1. The van der Waals surface area contributed by atoms with Crippen LogP contribution < -0.4 is 15.9 Å². The highest BCUT2D eigenvalue weighted by atomic mass is 19.1. The molecule has 0 radical (unpaired) electrons. The van der Waals surface area contributed by atoms with Crippen LogP contribution in [0.25, 0.3) is 0 Å². The molecule has 1 aromatic rings. The van der Waals surface area contributed by atoms with Gasteiger partial charge in [0, 0.05) is 5.56 Å². The van der Waals surface area contributed by atoms with Gasteiger partial charge >= 0.3 is 6.03 Å². The molecule has 0 saturated carbocycles. The molecule has 86 valence electrons. The Morgan fingerprint density at radius 3 is 3.06 bits per heavy atom. The molecule has 0 aliphatic carbocycles. The summed E-state index contributed by atoms with van der Waals surface area (Å²) in [5.41, 5.74) is 7.25. The van der Waals surface area contributed by atoms with Crippen molar-refractivity contribution in [2.45, 2.75) is 6.92 Å². The maximum absolute atomic E-state index is 12.9. The lowest BCUT2D eigenvalue weighted by molar-refractivity contribution is 0.249. The average molecular weight is 225 g/mol. The van der Waals surface area contributed by atoms with Gasteiger partial charge in [-0.05, 0) is 25.1 Å². The first-order valence-electron chi connectivity index (χ1n) is 4.64. The third kappa shape index (κ3) is 3.56. The summed E-state index contributed by atoms with van der Waals surface area (Å²) in [6.45, 7) is 2.27. The predicted molar refractivity (Wildman–Crippen MR) is 57.9 cm³/mol. The molecule has 0 aliphatic rings. The van der Waals surface area contributed by atoms with Crippen molar-refractivity contribution < 1.29 is 13.9 Å². The molecule has 16 heavy (non-hydrogen) atoms. The monoisotopic (exact) mass is 225 g/mol. The van der Waals surface area contributed by atoms with Gasteiger partial charge in [-0.2, -0.15) is 5.10 Å². The van der Waals surface area contributed by atoms with Crippen LogP contribution in [-0.2, 0) is 0 Å². The minimum atomic E-state index is -0.786. The Kier molecular flexibility index (Phi) is 4.26. The lowest BCUT2D eigenvalue weighted by Crippen LogP contribution is -2.24. The van der Waals surface area contributed by atoms with Gasteiger partial charge in [-0.1, -0.05) is 0 Å². The predicted octanol–water partition coefficient (Wildman–Crippen LogP) is 1.23. The molecule has 0 aromatic heterocycles. The van der Waals surface area contributed by atoms with Gasteiger partial charge in [0.2, 0.25) is 0 Å². The quantitative estimate of drug-likeness (QED) is 0.597.